The SMILES string of the molecule is CNc1ccc(-c2cc(-c3ccc[nH]c3=O)ccc2-n2cc(CNC(=O)c3ccc(Cl)s3)nn2)cn1. The van der Waals surface area contributed by atoms with Crippen molar-refractivity contribution in [1.29, 1.82) is 0 Å². The molecule has 0 saturated heterocycles. The molecule has 4 aromatic heterocycles. The Labute approximate surface area is 214 Å². The van der Waals surface area contributed by atoms with E-state index in [2.05, 4.69) is 30.9 Å². The van der Waals surface area contributed by atoms with Crippen molar-refractivity contribution in [3.8, 4) is 27.9 Å². The molecule has 0 atom stereocenters. The van der Waals surface area contributed by atoms with Crippen LogP contribution in [0.25, 0.3) is 27.9 Å². The van der Waals surface area contributed by atoms with Crippen LogP contribution in [0.3, 0.4) is 0 Å². The number of carbonyl (C=O) groups is 1. The van der Waals surface area contributed by atoms with Gasteiger partial charge in [-0.25, -0.2) is 9.67 Å². The summed E-state index contributed by atoms with van der Waals surface area (Å²) in [4.78, 5) is 32.4. The third-order valence-electron chi connectivity index (χ3n) is 5.47. The summed E-state index contributed by atoms with van der Waals surface area (Å²) >= 11 is 7.13. The highest BCUT2D eigenvalue weighted by molar-refractivity contribution is 7.18. The number of pyridine rings is 2. The Morgan fingerprint density at radius 1 is 1.11 bits per heavy atom. The van der Waals surface area contributed by atoms with Gasteiger partial charge >= 0.3 is 0 Å². The predicted molar refractivity (Wildman–Crippen MR) is 141 cm³/mol. The van der Waals surface area contributed by atoms with Gasteiger partial charge in [0.1, 0.15) is 11.5 Å². The molecule has 3 N–H and O–H groups in total. The molecule has 4 heterocycles. The molecule has 0 aliphatic heterocycles. The molecule has 0 bridgehead atoms. The number of carbonyl (C=O) groups excluding carboxylic acids is 1. The summed E-state index contributed by atoms with van der Waals surface area (Å²) in [6, 6.07) is 16.4. The number of rotatable bonds is 7. The van der Waals surface area contributed by atoms with Crippen LogP contribution in [0.5, 0.6) is 0 Å². The molecule has 1 aromatic carbocycles. The third-order valence-corrected chi connectivity index (χ3v) is 6.70. The number of hydrogen-bond donors (Lipinski definition) is 3. The Kier molecular flexibility index (Phi) is 6.61. The maximum atomic E-state index is 12.4. The second-order valence-corrected chi connectivity index (χ2v) is 9.48. The normalized spacial score (nSPS) is 10.8. The van der Waals surface area contributed by atoms with Gasteiger partial charge in [0.15, 0.2) is 0 Å². The summed E-state index contributed by atoms with van der Waals surface area (Å²) in [5, 5.41) is 14.3. The molecule has 11 heteroatoms. The lowest BCUT2D eigenvalue weighted by molar-refractivity contribution is 0.0954. The van der Waals surface area contributed by atoms with Gasteiger partial charge in [0.05, 0.1) is 27.6 Å². The molecule has 0 unspecified atom stereocenters. The zero-order valence-corrected chi connectivity index (χ0v) is 20.6. The van der Waals surface area contributed by atoms with Crippen LogP contribution in [0.15, 0.2) is 78.0 Å². The number of nitrogens with one attached hydrogen (secondary N) is 3. The first-order valence-corrected chi connectivity index (χ1v) is 12.1. The van der Waals surface area contributed by atoms with Crippen molar-refractivity contribution < 1.29 is 4.79 Å². The lowest BCUT2D eigenvalue weighted by atomic mass is 9.99. The third kappa shape index (κ3) is 4.90. The highest BCUT2D eigenvalue weighted by atomic mass is 35.5. The monoisotopic (exact) mass is 517 g/mol. The van der Waals surface area contributed by atoms with E-state index in [-0.39, 0.29) is 18.0 Å². The Bertz CT molecular complexity index is 1590. The summed E-state index contributed by atoms with van der Waals surface area (Å²) in [6.45, 7) is 0.208. The van der Waals surface area contributed by atoms with Gasteiger partial charge in [0.2, 0.25) is 0 Å². The molecule has 9 nitrogen and oxygen atoms in total. The summed E-state index contributed by atoms with van der Waals surface area (Å²) < 4.78 is 2.20. The molecule has 1 amide bonds. The van der Waals surface area contributed by atoms with E-state index in [9.17, 15) is 9.59 Å². The first-order chi connectivity index (χ1) is 17.5. The zero-order valence-electron chi connectivity index (χ0n) is 19.0. The average molecular weight is 518 g/mol. The highest BCUT2D eigenvalue weighted by Crippen LogP contribution is 2.31. The number of benzene rings is 1. The molecule has 0 aliphatic rings. The van der Waals surface area contributed by atoms with Crippen molar-refractivity contribution in [3.05, 3.63) is 98.4 Å². The Balaban J connectivity index is 1.48. The average Bonchev–Trinajstić information content (AvgIpc) is 3.56. The summed E-state index contributed by atoms with van der Waals surface area (Å²) in [5.41, 5.74) is 4.14. The van der Waals surface area contributed by atoms with E-state index in [0.717, 1.165) is 28.2 Å². The first kappa shape index (κ1) is 23.5. The minimum absolute atomic E-state index is 0.175. The smallest absolute Gasteiger partial charge is 0.261 e. The Morgan fingerprint density at radius 3 is 2.69 bits per heavy atom. The molecular weight excluding hydrogens is 498 g/mol. The minimum Gasteiger partial charge on any atom is -0.373 e. The summed E-state index contributed by atoms with van der Waals surface area (Å²) in [6.07, 6.45) is 5.11. The fourth-order valence-corrected chi connectivity index (χ4v) is 4.64. The quantitative estimate of drug-likeness (QED) is 0.295. The number of amides is 1. The van der Waals surface area contributed by atoms with Gasteiger partial charge in [-0.05, 0) is 54.1 Å². The van der Waals surface area contributed by atoms with Gasteiger partial charge in [0, 0.05) is 36.1 Å². The summed E-state index contributed by atoms with van der Waals surface area (Å²) in [7, 11) is 1.80. The second-order valence-electron chi connectivity index (χ2n) is 7.77. The molecular formula is C25H20ClN7O2S. The molecule has 0 spiro atoms. The van der Waals surface area contributed by atoms with Crippen molar-refractivity contribution >= 4 is 34.7 Å². The van der Waals surface area contributed by atoms with Crippen molar-refractivity contribution in [2.24, 2.45) is 0 Å². The van der Waals surface area contributed by atoms with E-state index < -0.39 is 0 Å². The number of thiophene rings is 1. The van der Waals surface area contributed by atoms with Crippen molar-refractivity contribution in [3.63, 3.8) is 0 Å². The van der Waals surface area contributed by atoms with Gasteiger partial charge in [-0.15, -0.1) is 16.4 Å². The number of nitrogens with zero attached hydrogens (tertiary/aromatic N) is 4. The molecule has 0 fully saturated rings. The van der Waals surface area contributed by atoms with Crippen molar-refractivity contribution in [2.75, 3.05) is 12.4 Å². The minimum atomic E-state index is -0.227. The lowest BCUT2D eigenvalue weighted by Crippen LogP contribution is -2.21. The van der Waals surface area contributed by atoms with Gasteiger partial charge < -0.3 is 15.6 Å². The number of anilines is 1. The molecule has 180 valence electrons. The molecule has 5 aromatic rings. The standard InChI is InChI=1S/C25H20ClN7O2S/c1-27-23-9-5-16(12-29-23)19-11-15(18-3-2-10-28-24(18)34)4-6-20(19)33-14-17(31-32-33)13-30-25(35)21-7-8-22(26)36-21/h2-12,14H,13H2,1H3,(H,27,29)(H,28,34)(H,30,35). The van der Waals surface area contributed by atoms with E-state index >= 15 is 0 Å². The molecule has 5 rings (SSSR count). The topological polar surface area (TPSA) is 118 Å². The molecule has 0 radical (unpaired) electrons. The number of aromatic amines is 1. The van der Waals surface area contributed by atoms with Crippen molar-refractivity contribution in [2.45, 2.75) is 6.54 Å². The Hall–Kier alpha value is -4.28. The number of hydrogen-bond acceptors (Lipinski definition) is 7. The molecule has 0 aliphatic carbocycles. The van der Waals surface area contributed by atoms with Crippen LogP contribution in [0.4, 0.5) is 5.82 Å². The van der Waals surface area contributed by atoms with Gasteiger partial charge in [-0.3, -0.25) is 9.59 Å². The number of aromatic nitrogens is 5. The van der Waals surface area contributed by atoms with Gasteiger partial charge in [-0.1, -0.05) is 22.9 Å². The first-order valence-electron chi connectivity index (χ1n) is 10.9. The van der Waals surface area contributed by atoms with Crippen LogP contribution in [-0.2, 0) is 6.54 Å². The Morgan fingerprint density at radius 2 is 1.97 bits per heavy atom. The molecule has 36 heavy (non-hydrogen) atoms. The van der Waals surface area contributed by atoms with E-state index in [1.165, 1.54) is 11.3 Å². The fraction of sp³-hybridized carbons (Fsp3) is 0.0800. The van der Waals surface area contributed by atoms with Crippen molar-refractivity contribution in [1.82, 2.24) is 30.3 Å². The van der Waals surface area contributed by atoms with E-state index in [1.54, 1.807) is 54.6 Å². The van der Waals surface area contributed by atoms with Crippen LogP contribution in [0.2, 0.25) is 4.34 Å². The zero-order chi connectivity index (χ0) is 25.1. The second kappa shape index (κ2) is 10.1. The highest BCUT2D eigenvalue weighted by Gasteiger charge is 2.15. The maximum absolute atomic E-state index is 12.4. The number of halogens is 1. The van der Waals surface area contributed by atoms with E-state index in [0.29, 0.717) is 20.5 Å². The largest absolute Gasteiger partial charge is 0.373 e. The fourth-order valence-electron chi connectivity index (χ4n) is 3.68. The maximum Gasteiger partial charge on any atom is 0.261 e. The lowest BCUT2D eigenvalue weighted by Gasteiger charge is -2.12. The summed E-state index contributed by atoms with van der Waals surface area (Å²) in [5.74, 6) is 0.511. The van der Waals surface area contributed by atoms with E-state index in [4.69, 9.17) is 11.6 Å². The van der Waals surface area contributed by atoms with Gasteiger partial charge in [-0.2, -0.15) is 0 Å². The van der Waals surface area contributed by atoms with Gasteiger partial charge in [0.25, 0.3) is 11.5 Å². The molecule has 0 saturated carbocycles. The van der Waals surface area contributed by atoms with Crippen LogP contribution in [0, 0.1) is 0 Å². The van der Waals surface area contributed by atoms with Crippen LogP contribution < -0.4 is 16.2 Å². The predicted octanol–water partition coefficient (Wildman–Crippen LogP) is 4.37. The van der Waals surface area contributed by atoms with E-state index in [1.807, 2.05) is 30.3 Å². The van der Waals surface area contributed by atoms with Crippen LogP contribution in [0.1, 0.15) is 15.4 Å². The van der Waals surface area contributed by atoms with Crippen LogP contribution >= 0.6 is 22.9 Å². The van der Waals surface area contributed by atoms with Crippen LogP contribution in [-0.4, -0.2) is 37.9 Å². The number of H-pyrrole nitrogens is 1.